The van der Waals surface area contributed by atoms with E-state index in [0.717, 1.165) is 16.7 Å². The molecule has 0 spiro atoms. The average molecular weight is 279 g/mol. The second-order valence-electron chi connectivity index (χ2n) is 4.59. The summed E-state index contributed by atoms with van der Waals surface area (Å²) in [4.78, 5) is 0. The van der Waals surface area contributed by atoms with Crippen molar-refractivity contribution in [3.8, 4) is 0 Å². The van der Waals surface area contributed by atoms with Crippen LogP contribution in [0.3, 0.4) is 0 Å². The normalized spacial score (nSPS) is 12.5. The first-order chi connectivity index (χ1) is 9.04. The van der Waals surface area contributed by atoms with Crippen molar-refractivity contribution in [3.63, 3.8) is 0 Å². The average Bonchev–Trinajstić information content (AvgIpc) is 2.39. The van der Waals surface area contributed by atoms with E-state index in [4.69, 9.17) is 17.4 Å². The predicted molar refractivity (Wildman–Crippen MR) is 76.5 cm³/mol. The zero-order valence-electron chi connectivity index (χ0n) is 10.9. The summed E-state index contributed by atoms with van der Waals surface area (Å²) in [5.74, 6) is 5.36. The lowest BCUT2D eigenvalue weighted by molar-refractivity contribution is 0.599. The van der Waals surface area contributed by atoms with Gasteiger partial charge >= 0.3 is 0 Å². The van der Waals surface area contributed by atoms with Crippen LogP contribution in [0, 0.1) is 19.7 Å². The fraction of sp³-hybridized carbons (Fsp3) is 0.200. The molecule has 0 fully saturated rings. The van der Waals surface area contributed by atoms with Crippen molar-refractivity contribution in [2.45, 2.75) is 19.9 Å². The molecule has 1 atom stereocenters. The van der Waals surface area contributed by atoms with Crippen molar-refractivity contribution < 1.29 is 4.39 Å². The van der Waals surface area contributed by atoms with E-state index in [-0.39, 0.29) is 11.9 Å². The van der Waals surface area contributed by atoms with Crippen LogP contribution in [0.15, 0.2) is 36.4 Å². The molecule has 1 unspecified atom stereocenters. The van der Waals surface area contributed by atoms with Gasteiger partial charge in [0.25, 0.3) is 0 Å². The van der Waals surface area contributed by atoms with Crippen molar-refractivity contribution in [2.75, 3.05) is 0 Å². The number of hydrogen-bond donors (Lipinski definition) is 2. The van der Waals surface area contributed by atoms with Gasteiger partial charge in [0.15, 0.2) is 0 Å². The monoisotopic (exact) mass is 278 g/mol. The maximum absolute atomic E-state index is 13.7. The van der Waals surface area contributed by atoms with Gasteiger partial charge in [0.2, 0.25) is 0 Å². The van der Waals surface area contributed by atoms with Gasteiger partial charge in [-0.05, 0) is 42.2 Å². The number of hydrazine groups is 1. The number of aryl methyl sites for hydroxylation is 2. The smallest absolute Gasteiger partial charge is 0.126 e. The third-order valence-corrected chi connectivity index (χ3v) is 3.74. The maximum Gasteiger partial charge on any atom is 0.126 e. The third-order valence-electron chi connectivity index (χ3n) is 3.23. The molecule has 0 aromatic heterocycles. The minimum absolute atomic E-state index is 0.249. The molecule has 0 radical (unpaired) electrons. The van der Waals surface area contributed by atoms with E-state index in [9.17, 15) is 4.39 Å². The Balaban J connectivity index is 2.50. The number of nitrogens with one attached hydrogen (secondary N) is 1. The lowest BCUT2D eigenvalue weighted by Crippen LogP contribution is -2.29. The fourth-order valence-electron chi connectivity index (χ4n) is 2.05. The lowest BCUT2D eigenvalue weighted by Gasteiger charge is -2.19. The molecule has 0 heterocycles. The first-order valence-corrected chi connectivity index (χ1v) is 6.39. The highest BCUT2D eigenvalue weighted by molar-refractivity contribution is 6.32. The van der Waals surface area contributed by atoms with Gasteiger partial charge in [-0.3, -0.25) is 5.84 Å². The molecule has 2 nitrogen and oxygen atoms in total. The molecule has 0 aliphatic carbocycles. The highest BCUT2D eigenvalue weighted by Crippen LogP contribution is 2.30. The molecule has 19 heavy (non-hydrogen) atoms. The van der Waals surface area contributed by atoms with Gasteiger partial charge in [-0.1, -0.05) is 41.9 Å². The van der Waals surface area contributed by atoms with Gasteiger partial charge in [0.05, 0.1) is 6.04 Å². The summed E-state index contributed by atoms with van der Waals surface area (Å²) >= 11 is 6.30. The number of rotatable bonds is 3. The summed E-state index contributed by atoms with van der Waals surface area (Å²) in [5, 5.41) is 0.645. The van der Waals surface area contributed by atoms with Gasteiger partial charge in [0, 0.05) is 5.02 Å². The van der Waals surface area contributed by atoms with Crippen molar-refractivity contribution in [1.82, 2.24) is 5.43 Å². The number of benzene rings is 2. The molecular formula is C15H16ClFN2. The van der Waals surface area contributed by atoms with Crippen LogP contribution in [0.25, 0.3) is 0 Å². The standard InChI is InChI=1S/C15H16ClFN2/c1-9-6-7-11(8-13(9)17)15(19-18)12-5-3-4-10(2)14(12)16/h3-8,15,19H,18H2,1-2H3. The van der Waals surface area contributed by atoms with E-state index in [2.05, 4.69) is 5.43 Å². The molecule has 2 aromatic rings. The summed E-state index contributed by atoms with van der Waals surface area (Å²) in [6.07, 6.45) is 0. The van der Waals surface area contributed by atoms with Crippen LogP contribution in [0.4, 0.5) is 4.39 Å². The Kier molecular flexibility index (Phi) is 4.20. The highest BCUT2D eigenvalue weighted by Gasteiger charge is 2.17. The van der Waals surface area contributed by atoms with Gasteiger partial charge in [-0.15, -0.1) is 0 Å². The fourth-order valence-corrected chi connectivity index (χ4v) is 2.28. The van der Waals surface area contributed by atoms with Crippen LogP contribution >= 0.6 is 11.6 Å². The van der Waals surface area contributed by atoms with Crippen LogP contribution in [-0.2, 0) is 0 Å². The molecule has 0 saturated carbocycles. The first kappa shape index (κ1) is 14.0. The summed E-state index contributed by atoms with van der Waals surface area (Å²) in [5.41, 5.74) is 5.86. The van der Waals surface area contributed by atoms with Crippen molar-refractivity contribution in [3.05, 3.63) is 69.5 Å². The van der Waals surface area contributed by atoms with Gasteiger partial charge in [-0.2, -0.15) is 0 Å². The van der Waals surface area contributed by atoms with Crippen LogP contribution in [0.2, 0.25) is 5.02 Å². The Morgan fingerprint density at radius 3 is 2.53 bits per heavy atom. The zero-order chi connectivity index (χ0) is 14.0. The molecule has 0 aliphatic rings. The Labute approximate surface area is 117 Å². The largest absolute Gasteiger partial charge is 0.271 e. The predicted octanol–water partition coefficient (Wildman–Crippen LogP) is 3.65. The maximum atomic E-state index is 13.7. The van der Waals surface area contributed by atoms with Crippen LogP contribution in [-0.4, -0.2) is 0 Å². The molecule has 0 saturated heterocycles. The zero-order valence-corrected chi connectivity index (χ0v) is 11.6. The second kappa shape index (κ2) is 5.70. The van der Waals surface area contributed by atoms with E-state index in [1.165, 1.54) is 6.07 Å². The van der Waals surface area contributed by atoms with E-state index >= 15 is 0 Å². The quantitative estimate of drug-likeness (QED) is 0.664. The van der Waals surface area contributed by atoms with E-state index in [1.807, 2.05) is 31.2 Å². The molecule has 2 rings (SSSR count). The molecule has 0 aliphatic heterocycles. The lowest BCUT2D eigenvalue weighted by atomic mass is 9.97. The summed E-state index contributed by atoms with van der Waals surface area (Å²) in [6, 6.07) is 10.5. The SMILES string of the molecule is Cc1ccc(C(NN)c2cccc(C)c2Cl)cc1F. The van der Waals surface area contributed by atoms with Crippen molar-refractivity contribution in [2.24, 2.45) is 5.84 Å². The molecule has 3 N–H and O–H groups in total. The van der Waals surface area contributed by atoms with Crippen molar-refractivity contribution in [1.29, 1.82) is 0 Å². The van der Waals surface area contributed by atoms with E-state index < -0.39 is 0 Å². The van der Waals surface area contributed by atoms with Gasteiger partial charge in [-0.25, -0.2) is 9.82 Å². The van der Waals surface area contributed by atoms with E-state index in [0.29, 0.717) is 10.6 Å². The molecule has 2 aromatic carbocycles. The Bertz CT molecular complexity index is 599. The van der Waals surface area contributed by atoms with Crippen LogP contribution in [0.5, 0.6) is 0 Å². The topological polar surface area (TPSA) is 38.0 Å². The number of nitrogens with two attached hydrogens (primary N) is 1. The Morgan fingerprint density at radius 1 is 1.16 bits per heavy atom. The summed E-state index contributed by atoms with van der Waals surface area (Å²) in [6.45, 7) is 3.65. The second-order valence-corrected chi connectivity index (χ2v) is 4.96. The van der Waals surface area contributed by atoms with Crippen LogP contribution in [0.1, 0.15) is 28.3 Å². The third kappa shape index (κ3) is 2.78. The van der Waals surface area contributed by atoms with Crippen LogP contribution < -0.4 is 11.3 Å². The van der Waals surface area contributed by atoms with Crippen molar-refractivity contribution >= 4 is 11.6 Å². The first-order valence-electron chi connectivity index (χ1n) is 6.01. The minimum Gasteiger partial charge on any atom is -0.271 e. The van der Waals surface area contributed by atoms with Gasteiger partial charge < -0.3 is 0 Å². The summed E-state index contributed by atoms with van der Waals surface area (Å²) in [7, 11) is 0. The minimum atomic E-state index is -0.331. The molecule has 0 amide bonds. The number of hydrogen-bond acceptors (Lipinski definition) is 2. The van der Waals surface area contributed by atoms with E-state index in [1.54, 1.807) is 13.0 Å². The Morgan fingerprint density at radius 2 is 1.89 bits per heavy atom. The molecule has 100 valence electrons. The number of halogens is 2. The molecular weight excluding hydrogens is 263 g/mol. The van der Waals surface area contributed by atoms with Gasteiger partial charge in [0.1, 0.15) is 5.82 Å². The molecule has 0 bridgehead atoms. The highest BCUT2D eigenvalue weighted by atomic mass is 35.5. The summed E-state index contributed by atoms with van der Waals surface area (Å²) < 4.78 is 13.7. The Hall–Kier alpha value is -1.42. The molecule has 4 heteroatoms.